The molecule has 0 aliphatic heterocycles. The summed E-state index contributed by atoms with van der Waals surface area (Å²) in [7, 11) is -0.693. The highest BCUT2D eigenvalue weighted by Crippen LogP contribution is 2.26. The Morgan fingerprint density at radius 3 is 3.06 bits per heavy atom. The fourth-order valence-electron chi connectivity index (χ4n) is 1.49. The zero-order valence-corrected chi connectivity index (χ0v) is 10.7. The molecule has 16 heavy (non-hydrogen) atoms. The molecule has 0 fully saturated rings. The first kappa shape index (κ1) is 11.5. The van der Waals surface area contributed by atoms with E-state index >= 15 is 0 Å². The fraction of sp³-hybridized carbons (Fsp3) is 0.364. The summed E-state index contributed by atoms with van der Waals surface area (Å²) in [4.78, 5) is 0. The van der Waals surface area contributed by atoms with Crippen LogP contribution >= 0.6 is 11.5 Å². The van der Waals surface area contributed by atoms with Gasteiger partial charge in [-0.05, 0) is 30.1 Å². The lowest BCUT2D eigenvalue weighted by Crippen LogP contribution is -2.05. The van der Waals surface area contributed by atoms with Crippen molar-refractivity contribution in [1.29, 1.82) is 0 Å². The minimum atomic E-state index is -0.693. The average Bonchev–Trinajstić information content (AvgIpc) is 2.68. The fourth-order valence-corrected chi connectivity index (χ4v) is 2.83. The van der Waals surface area contributed by atoms with Crippen molar-refractivity contribution in [3.05, 3.63) is 24.3 Å². The first-order valence-corrected chi connectivity index (χ1v) is 7.66. The van der Waals surface area contributed by atoms with E-state index in [-0.39, 0.29) is 0 Å². The Kier molecular flexibility index (Phi) is 3.90. The molecule has 1 heterocycles. The lowest BCUT2D eigenvalue weighted by Gasteiger charge is -2.02. The number of nitrogens with one attached hydrogen (secondary N) is 1. The van der Waals surface area contributed by atoms with Crippen LogP contribution in [0, 0.1) is 0 Å². The number of fused-ring (bicyclic) bond motifs is 1. The van der Waals surface area contributed by atoms with E-state index in [2.05, 4.69) is 15.8 Å². The molecular weight excluding hydrogens is 240 g/mol. The molecule has 86 valence electrons. The summed E-state index contributed by atoms with van der Waals surface area (Å²) in [5, 5.41) is 5.62. The Balaban J connectivity index is 1.97. The van der Waals surface area contributed by atoms with Gasteiger partial charge in [-0.1, -0.05) is 12.1 Å². The van der Waals surface area contributed by atoms with E-state index in [9.17, 15) is 4.21 Å². The molecule has 2 aromatic rings. The molecule has 1 atom stereocenters. The molecule has 1 aromatic heterocycles. The summed E-state index contributed by atoms with van der Waals surface area (Å²) in [6, 6.07) is 8.09. The van der Waals surface area contributed by atoms with Gasteiger partial charge in [0.1, 0.15) is 5.00 Å². The third-order valence-corrected chi connectivity index (χ3v) is 3.98. The number of anilines is 1. The van der Waals surface area contributed by atoms with Crippen molar-refractivity contribution < 1.29 is 4.21 Å². The van der Waals surface area contributed by atoms with Gasteiger partial charge in [0.25, 0.3) is 0 Å². The maximum Gasteiger partial charge on any atom is 0.117 e. The molecular formula is C11H14N2OS2. The summed E-state index contributed by atoms with van der Waals surface area (Å²) >= 11 is 1.48. The molecule has 1 N–H and O–H groups in total. The highest BCUT2D eigenvalue weighted by Gasteiger charge is 2.03. The zero-order valence-electron chi connectivity index (χ0n) is 9.10. The minimum Gasteiger partial charge on any atom is -0.375 e. The van der Waals surface area contributed by atoms with Crippen molar-refractivity contribution in [1.82, 2.24) is 4.37 Å². The van der Waals surface area contributed by atoms with Gasteiger partial charge in [0.05, 0.1) is 5.52 Å². The predicted octanol–water partition coefficient (Wildman–Crippen LogP) is 2.48. The summed E-state index contributed by atoms with van der Waals surface area (Å²) in [6.07, 6.45) is 2.66. The van der Waals surface area contributed by atoms with E-state index in [1.807, 2.05) is 18.2 Å². The quantitative estimate of drug-likeness (QED) is 0.833. The second-order valence-electron chi connectivity index (χ2n) is 3.59. The SMILES string of the molecule is CS(=O)CCCNc1snc2ccccc12. The third-order valence-electron chi connectivity index (χ3n) is 2.28. The average molecular weight is 254 g/mol. The highest BCUT2D eigenvalue weighted by atomic mass is 32.2. The summed E-state index contributed by atoms with van der Waals surface area (Å²) in [6.45, 7) is 0.853. The van der Waals surface area contributed by atoms with Crippen molar-refractivity contribution >= 4 is 38.2 Å². The number of benzene rings is 1. The molecule has 2 rings (SSSR count). The predicted molar refractivity (Wildman–Crippen MR) is 71.7 cm³/mol. The Morgan fingerprint density at radius 2 is 2.25 bits per heavy atom. The van der Waals surface area contributed by atoms with Crippen LogP contribution in [0.5, 0.6) is 0 Å². The summed E-state index contributed by atoms with van der Waals surface area (Å²) in [5.74, 6) is 0.754. The van der Waals surface area contributed by atoms with Crippen LogP contribution in [0.3, 0.4) is 0 Å². The second-order valence-corrected chi connectivity index (χ2v) is 5.91. The molecule has 1 unspecified atom stereocenters. The lowest BCUT2D eigenvalue weighted by molar-refractivity contribution is 0.685. The monoisotopic (exact) mass is 254 g/mol. The van der Waals surface area contributed by atoms with Gasteiger partial charge < -0.3 is 5.32 Å². The van der Waals surface area contributed by atoms with Gasteiger partial charge in [0.15, 0.2) is 0 Å². The molecule has 0 aliphatic carbocycles. The Bertz CT molecular complexity index is 495. The smallest absolute Gasteiger partial charge is 0.117 e. The molecule has 0 radical (unpaired) electrons. The van der Waals surface area contributed by atoms with E-state index < -0.39 is 10.8 Å². The molecule has 0 saturated carbocycles. The van der Waals surface area contributed by atoms with E-state index in [0.29, 0.717) is 0 Å². The molecule has 0 saturated heterocycles. The lowest BCUT2D eigenvalue weighted by atomic mass is 10.2. The van der Waals surface area contributed by atoms with E-state index in [1.54, 1.807) is 6.26 Å². The summed E-state index contributed by atoms with van der Waals surface area (Å²) < 4.78 is 15.2. The van der Waals surface area contributed by atoms with Crippen molar-refractivity contribution in [2.45, 2.75) is 6.42 Å². The number of rotatable bonds is 5. The van der Waals surface area contributed by atoms with Crippen LogP contribution < -0.4 is 5.32 Å². The zero-order chi connectivity index (χ0) is 11.4. The highest BCUT2D eigenvalue weighted by molar-refractivity contribution is 7.84. The van der Waals surface area contributed by atoms with Gasteiger partial charge in [-0.25, -0.2) is 0 Å². The van der Waals surface area contributed by atoms with Crippen molar-refractivity contribution in [2.75, 3.05) is 23.9 Å². The minimum absolute atomic E-state index is 0.693. The van der Waals surface area contributed by atoms with Gasteiger partial charge in [-0.3, -0.25) is 4.21 Å². The normalized spacial score (nSPS) is 12.8. The van der Waals surface area contributed by atoms with Crippen LogP contribution in [0.15, 0.2) is 24.3 Å². The van der Waals surface area contributed by atoms with Gasteiger partial charge in [0.2, 0.25) is 0 Å². The first-order valence-electron chi connectivity index (χ1n) is 5.15. The second kappa shape index (κ2) is 5.41. The maximum absolute atomic E-state index is 10.9. The number of hydrogen-bond acceptors (Lipinski definition) is 4. The van der Waals surface area contributed by atoms with Crippen molar-refractivity contribution in [3.63, 3.8) is 0 Å². The molecule has 0 bridgehead atoms. The maximum atomic E-state index is 10.9. The van der Waals surface area contributed by atoms with Crippen LogP contribution in [-0.4, -0.2) is 27.1 Å². The standard InChI is InChI=1S/C11H14N2OS2/c1-16(14)8-4-7-12-11-9-5-2-3-6-10(9)13-15-11/h2-3,5-6,12H,4,7-8H2,1H3. The third kappa shape index (κ3) is 2.80. The Morgan fingerprint density at radius 1 is 1.44 bits per heavy atom. The van der Waals surface area contributed by atoms with Crippen molar-refractivity contribution in [2.24, 2.45) is 0 Å². The molecule has 3 nitrogen and oxygen atoms in total. The Hall–Kier alpha value is -0.940. The molecule has 5 heteroatoms. The van der Waals surface area contributed by atoms with Gasteiger partial charge in [0, 0.05) is 34.7 Å². The van der Waals surface area contributed by atoms with Gasteiger partial charge >= 0.3 is 0 Å². The number of hydrogen-bond donors (Lipinski definition) is 1. The van der Waals surface area contributed by atoms with E-state index in [0.717, 1.165) is 29.2 Å². The Labute approximate surface area is 101 Å². The van der Waals surface area contributed by atoms with E-state index in [1.165, 1.54) is 16.9 Å². The van der Waals surface area contributed by atoms with Gasteiger partial charge in [-0.15, -0.1) is 0 Å². The van der Waals surface area contributed by atoms with Crippen LogP contribution in [0.25, 0.3) is 10.9 Å². The topological polar surface area (TPSA) is 42.0 Å². The molecule has 1 aromatic carbocycles. The molecule has 0 aliphatic rings. The van der Waals surface area contributed by atoms with Crippen LogP contribution in [-0.2, 0) is 10.8 Å². The number of aromatic nitrogens is 1. The largest absolute Gasteiger partial charge is 0.375 e. The van der Waals surface area contributed by atoms with E-state index in [4.69, 9.17) is 0 Å². The summed E-state index contributed by atoms with van der Waals surface area (Å²) in [5.41, 5.74) is 1.04. The molecule has 0 spiro atoms. The molecule has 0 amide bonds. The van der Waals surface area contributed by atoms with Crippen LogP contribution in [0.1, 0.15) is 6.42 Å². The van der Waals surface area contributed by atoms with Crippen LogP contribution in [0.2, 0.25) is 0 Å². The van der Waals surface area contributed by atoms with Crippen molar-refractivity contribution in [3.8, 4) is 0 Å². The first-order chi connectivity index (χ1) is 7.77. The van der Waals surface area contributed by atoms with Gasteiger partial charge in [-0.2, -0.15) is 4.37 Å². The number of nitrogens with zero attached hydrogens (tertiary/aromatic N) is 1. The van der Waals surface area contributed by atoms with Crippen LogP contribution in [0.4, 0.5) is 5.00 Å².